The van der Waals surface area contributed by atoms with Crippen LogP contribution in [0.2, 0.25) is 0 Å². The lowest BCUT2D eigenvalue weighted by Crippen LogP contribution is -2.56. The number of aliphatic hydroxyl groups excluding tert-OH is 3. The Kier molecular flexibility index (Phi) is 5.56. The van der Waals surface area contributed by atoms with Crippen LogP contribution in [0.5, 0.6) is 0 Å². The van der Waals surface area contributed by atoms with Gasteiger partial charge in [0.25, 0.3) is 0 Å². The quantitative estimate of drug-likeness (QED) is 0.667. The van der Waals surface area contributed by atoms with E-state index in [2.05, 4.69) is 0 Å². The number of aliphatic hydroxyl groups is 3. The lowest BCUT2D eigenvalue weighted by atomic mass is 9.81. The molecule has 0 aromatic rings. The molecule has 1 heterocycles. The van der Waals surface area contributed by atoms with Gasteiger partial charge in [-0.2, -0.15) is 0 Å². The number of ether oxygens (including phenoxy) is 1. The van der Waals surface area contributed by atoms with Gasteiger partial charge in [-0.1, -0.05) is 11.6 Å². The Bertz CT molecular complexity index is 324. The molecule has 0 aromatic heterocycles. The summed E-state index contributed by atoms with van der Waals surface area (Å²) in [7, 11) is 0. The predicted octanol–water partition coefficient (Wildman–Crippen LogP) is 1.77. The Labute approximate surface area is 116 Å². The van der Waals surface area contributed by atoms with Crippen molar-refractivity contribution < 1.29 is 20.1 Å². The van der Waals surface area contributed by atoms with Gasteiger partial charge in [0, 0.05) is 0 Å². The second-order valence-electron chi connectivity index (χ2n) is 6.36. The Morgan fingerprint density at radius 3 is 2.58 bits per heavy atom. The molecule has 1 fully saturated rings. The van der Waals surface area contributed by atoms with Crippen LogP contribution in [0.25, 0.3) is 0 Å². The standard InChI is InChI=1S/C15H28O4/c1-11(8-10-16)5-6-13(18)15(4)9-7-12(17)14(2,3)19-15/h8,12-13,16-18H,5-7,9-10H2,1-4H3/b11-8+. The summed E-state index contributed by atoms with van der Waals surface area (Å²) in [6, 6.07) is 0. The summed E-state index contributed by atoms with van der Waals surface area (Å²) in [4.78, 5) is 0. The first kappa shape index (κ1) is 16.6. The molecule has 3 atom stereocenters. The lowest BCUT2D eigenvalue weighted by Gasteiger charge is -2.48. The second-order valence-corrected chi connectivity index (χ2v) is 6.36. The van der Waals surface area contributed by atoms with E-state index in [1.807, 2.05) is 27.7 Å². The Morgan fingerprint density at radius 1 is 1.42 bits per heavy atom. The van der Waals surface area contributed by atoms with Crippen LogP contribution in [0, 0.1) is 0 Å². The Hall–Kier alpha value is -0.420. The van der Waals surface area contributed by atoms with Crippen LogP contribution in [0.1, 0.15) is 53.4 Å². The highest BCUT2D eigenvalue weighted by molar-refractivity contribution is 5.01. The van der Waals surface area contributed by atoms with Crippen LogP contribution < -0.4 is 0 Å². The van der Waals surface area contributed by atoms with E-state index in [9.17, 15) is 10.2 Å². The van der Waals surface area contributed by atoms with E-state index in [0.717, 1.165) is 12.0 Å². The molecule has 19 heavy (non-hydrogen) atoms. The molecule has 0 aliphatic carbocycles. The monoisotopic (exact) mass is 272 g/mol. The van der Waals surface area contributed by atoms with Crippen LogP contribution in [0.3, 0.4) is 0 Å². The van der Waals surface area contributed by atoms with E-state index in [-0.39, 0.29) is 6.61 Å². The summed E-state index contributed by atoms with van der Waals surface area (Å²) in [5.74, 6) is 0. The van der Waals surface area contributed by atoms with Crippen molar-refractivity contribution in [3.05, 3.63) is 11.6 Å². The van der Waals surface area contributed by atoms with Gasteiger partial charge in [0.2, 0.25) is 0 Å². The summed E-state index contributed by atoms with van der Waals surface area (Å²) in [5.41, 5.74) is -0.160. The van der Waals surface area contributed by atoms with Crippen molar-refractivity contribution in [3.63, 3.8) is 0 Å². The molecule has 0 bridgehead atoms. The topological polar surface area (TPSA) is 69.9 Å². The van der Waals surface area contributed by atoms with Gasteiger partial charge < -0.3 is 20.1 Å². The minimum absolute atomic E-state index is 0.0366. The van der Waals surface area contributed by atoms with E-state index in [4.69, 9.17) is 9.84 Å². The molecule has 0 amide bonds. The SMILES string of the molecule is C/C(=C\CO)CCC(O)C1(C)CCC(O)C(C)(C)O1. The summed E-state index contributed by atoms with van der Waals surface area (Å²) < 4.78 is 5.96. The fourth-order valence-electron chi connectivity index (χ4n) is 2.65. The van der Waals surface area contributed by atoms with Gasteiger partial charge in [0.05, 0.1) is 30.0 Å². The van der Waals surface area contributed by atoms with Crippen LogP contribution in [-0.4, -0.2) is 45.3 Å². The Balaban J connectivity index is 2.60. The van der Waals surface area contributed by atoms with Gasteiger partial charge in [-0.05, 0) is 53.4 Å². The van der Waals surface area contributed by atoms with Gasteiger partial charge in [0.15, 0.2) is 0 Å². The summed E-state index contributed by atoms with van der Waals surface area (Å²) in [5, 5.41) is 29.1. The van der Waals surface area contributed by atoms with Crippen LogP contribution in [0.15, 0.2) is 11.6 Å². The van der Waals surface area contributed by atoms with E-state index in [1.54, 1.807) is 6.08 Å². The highest BCUT2D eigenvalue weighted by Crippen LogP contribution is 2.38. The molecular weight excluding hydrogens is 244 g/mol. The molecule has 1 rings (SSSR count). The maximum absolute atomic E-state index is 10.4. The van der Waals surface area contributed by atoms with Gasteiger partial charge in [-0.25, -0.2) is 0 Å². The predicted molar refractivity (Wildman–Crippen MR) is 74.9 cm³/mol. The smallest absolute Gasteiger partial charge is 0.0921 e. The third kappa shape index (κ3) is 4.28. The van der Waals surface area contributed by atoms with Crippen LogP contribution in [0.4, 0.5) is 0 Å². The van der Waals surface area contributed by atoms with Crippen molar-refractivity contribution in [1.82, 2.24) is 0 Å². The van der Waals surface area contributed by atoms with E-state index in [1.165, 1.54) is 0 Å². The molecule has 0 aromatic carbocycles. The minimum atomic E-state index is -0.621. The van der Waals surface area contributed by atoms with Crippen molar-refractivity contribution in [3.8, 4) is 0 Å². The average Bonchev–Trinajstić information content (AvgIpc) is 2.31. The molecule has 1 saturated heterocycles. The number of hydrogen-bond donors (Lipinski definition) is 3. The molecule has 112 valence electrons. The van der Waals surface area contributed by atoms with E-state index in [0.29, 0.717) is 19.3 Å². The zero-order chi connectivity index (χ0) is 14.7. The molecule has 1 aliphatic heterocycles. The number of hydrogen-bond acceptors (Lipinski definition) is 4. The molecular formula is C15H28O4. The van der Waals surface area contributed by atoms with Gasteiger partial charge in [-0.3, -0.25) is 0 Å². The summed E-state index contributed by atoms with van der Waals surface area (Å²) in [6.07, 6.45) is 3.34. The first-order valence-electron chi connectivity index (χ1n) is 7.04. The molecule has 1 aliphatic rings. The van der Waals surface area contributed by atoms with Crippen molar-refractivity contribution in [2.45, 2.75) is 76.8 Å². The van der Waals surface area contributed by atoms with Crippen molar-refractivity contribution in [2.75, 3.05) is 6.61 Å². The van der Waals surface area contributed by atoms with E-state index >= 15 is 0 Å². The zero-order valence-electron chi connectivity index (χ0n) is 12.5. The summed E-state index contributed by atoms with van der Waals surface area (Å²) >= 11 is 0. The van der Waals surface area contributed by atoms with Gasteiger partial charge in [-0.15, -0.1) is 0 Å². The normalized spacial score (nSPS) is 33.2. The molecule has 4 heteroatoms. The number of allylic oxidation sites excluding steroid dienone is 1. The maximum Gasteiger partial charge on any atom is 0.0921 e. The van der Waals surface area contributed by atoms with Gasteiger partial charge >= 0.3 is 0 Å². The summed E-state index contributed by atoms with van der Waals surface area (Å²) in [6.45, 7) is 7.61. The second kappa shape index (κ2) is 6.35. The third-order valence-corrected chi connectivity index (χ3v) is 4.17. The fraction of sp³-hybridized carbons (Fsp3) is 0.867. The first-order chi connectivity index (χ1) is 8.71. The molecule has 0 saturated carbocycles. The minimum Gasteiger partial charge on any atom is -0.392 e. The largest absolute Gasteiger partial charge is 0.392 e. The third-order valence-electron chi connectivity index (χ3n) is 4.17. The fourth-order valence-corrected chi connectivity index (χ4v) is 2.65. The van der Waals surface area contributed by atoms with Crippen molar-refractivity contribution in [2.24, 2.45) is 0 Å². The van der Waals surface area contributed by atoms with Crippen molar-refractivity contribution >= 4 is 0 Å². The molecule has 0 radical (unpaired) electrons. The number of rotatable bonds is 5. The average molecular weight is 272 g/mol. The van der Waals surface area contributed by atoms with Crippen LogP contribution >= 0.6 is 0 Å². The van der Waals surface area contributed by atoms with Crippen molar-refractivity contribution in [1.29, 1.82) is 0 Å². The van der Waals surface area contributed by atoms with Crippen LogP contribution in [-0.2, 0) is 4.74 Å². The molecule has 3 N–H and O–H groups in total. The lowest BCUT2D eigenvalue weighted by molar-refractivity contribution is -0.245. The highest BCUT2D eigenvalue weighted by Gasteiger charge is 2.46. The maximum atomic E-state index is 10.4. The zero-order valence-corrected chi connectivity index (χ0v) is 12.5. The first-order valence-corrected chi connectivity index (χ1v) is 7.04. The van der Waals surface area contributed by atoms with E-state index < -0.39 is 23.4 Å². The highest BCUT2D eigenvalue weighted by atomic mass is 16.5. The molecule has 0 spiro atoms. The molecule has 4 nitrogen and oxygen atoms in total. The Morgan fingerprint density at radius 2 is 2.05 bits per heavy atom. The molecule has 3 unspecified atom stereocenters. The van der Waals surface area contributed by atoms with Gasteiger partial charge in [0.1, 0.15) is 0 Å².